The standard InChI is InChI=1S/C12H23NO3/c1-11(2,3)8-13-9-12(4,5-6-14)16-7-10(13)15/h14H,5-9H2,1-4H3. The molecule has 1 amide bonds. The predicted molar refractivity (Wildman–Crippen MR) is 62.1 cm³/mol. The molecule has 0 saturated carbocycles. The van der Waals surface area contributed by atoms with Gasteiger partial charge in [0.2, 0.25) is 5.91 Å². The predicted octanol–water partition coefficient (Wildman–Crippen LogP) is 1.03. The van der Waals surface area contributed by atoms with Gasteiger partial charge in [-0.2, -0.15) is 0 Å². The molecular formula is C12H23NO3. The van der Waals surface area contributed by atoms with Crippen LogP contribution in [0.5, 0.6) is 0 Å². The van der Waals surface area contributed by atoms with Crippen LogP contribution >= 0.6 is 0 Å². The molecule has 0 bridgehead atoms. The molecule has 1 aliphatic heterocycles. The fourth-order valence-electron chi connectivity index (χ4n) is 1.97. The Kier molecular flexibility index (Phi) is 3.97. The van der Waals surface area contributed by atoms with Crippen LogP contribution in [0, 0.1) is 5.41 Å². The molecule has 0 radical (unpaired) electrons. The minimum absolute atomic E-state index is 0.0466. The topological polar surface area (TPSA) is 49.8 Å². The maximum atomic E-state index is 11.7. The number of ether oxygens (including phenoxy) is 1. The lowest BCUT2D eigenvalue weighted by Gasteiger charge is -2.42. The Hall–Kier alpha value is -0.610. The maximum absolute atomic E-state index is 11.7. The summed E-state index contributed by atoms with van der Waals surface area (Å²) < 4.78 is 5.51. The molecule has 0 spiro atoms. The summed E-state index contributed by atoms with van der Waals surface area (Å²) in [6.07, 6.45) is 0.570. The second-order valence-electron chi connectivity index (χ2n) is 6.02. The molecular weight excluding hydrogens is 206 g/mol. The van der Waals surface area contributed by atoms with E-state index in [1.54, 1.807) is 0 Å². The molecule has 0 aromatic heterocycles. The number of morpholine rings is 1. The van der Waals surface area contributed by atoms with Crippen molar-refractivity contribution in [3.63, 3.8) is 0 Å². The molecule has 0 aliphatic carbocycles. The van der Waals surface area contributed by atoms with Crippen LogP contribution in [-0.4, -0.2) is 47.8 Å². The van der Waals surface area contributed by atoms with E-state index in [0.29, 0.717) is 13.0 Å². The SMILES string of the molecule is CC(C)(C)CN1CC(C)(CCO)OCC1=O. The van der Waals surface area contributed by atoms with Gasteiger partial charge in [0, 0.05) is 26.1 Å². The summed E-state index contributed by atoms with van der Waals surface area (Å²) in [6.45, 7) is 9.81. The van der Waals surface area contributed by atoms with Gasteiger partial charge in [0.1, 0.15) is 6.61 Å². The summed E-state index contributed by atoms with van der Waals surface area (Å²) in [7, 11) is 0. The van der Waals surface area contributed by atoms with Crippen LogP contribution in [0.15, 0.2) is 0 Å². The fourth-order valence-corrected chi connectivity index (χ4v) is 1.97. The first-order chi connectivity index (χ1) is 7.26. The molecule has 1 unspecified atom stereocenters. The van der Waals surface area contributed by atoms with E-state index in [9.17, 15) is 4.79 Å². The van der Waals surface area contributed by atoms with Gasteiger partial charge in [-0.1, -0.05) is 20.8 Å². The molecule has 1 N–H and O–H groups in total. The van der Waals surface area contributed by atoms with Crippen molar-refractivity contribution in [2.45, 2.75) is 39.7 Å². The molecule has 0 aromatic rings. The first-order valence-corrected chi connectivity index (χ1v) is 5.78. The van der Waals surface area contributed by atoms with E-state index in [1.165, 1.54) is 0 Å². The van der Waals surface area contributed by atoms with E-state index in [2.05, 4.69) is 20.8 Å². The minimum atomic E-state index is -0.395. The molecule has 1 atom stereocenters. The van der Waals surface area contributed by atoms with Crippen molar-refractivity contribution >= 4 is 5.91 Å². The van der Waals surface area contributed by atoms with Gasteiger partial charge < -0.3 is 14.7 Å². The molecule has 4 heteroatoms. The number of aliphatic hydroxyl groups excluding tert-OH is 1. The van der Waals surface area contributed by atoms with Crippen LogP contribution in [0.4, 0.5) is 0 Å². The highest BCUT2D eigenvalue weighted by atomic mass is 16.5. The first-order valence-electron chi connectivity index (χ1n) is 5.78. The number of nitrogens with zero attached hydrogens (tertiary/aromatic N) is 1. The number of aliphatic hydroxyl groups is 1. The summed E-state index contributed by atoms with van der Waals surface area (Å²) in [6, 6.07) is 0. The molecule has 1 rings (SSSR count). The number of rotatable bonds is 3. The maximum Gasteiger partial charge on any atom is 0.248 e. The van der Waals surface area contributed by atoms with Crippen LogP contribution in [0.2, 0.25) is 0 Å². The number of amides is 1. The van der Waals surface area contributed by atoms with Crippen LogP contribution in [0.3, 0.4) is 0 Å². The van der Waals surface area contributed by atoms with Crippen molar-refractivity contribution < 1.29 is 14.6 Å². The molecule has 1 saturated heterocycles. The first kappa shape index (κ1) is 13.5. The number of hydrogen-bond donors (Lipinski definition) is 1. The zero-order valence-electron chi connectivity index (χ0n) is 10.7. The highest BCUT2D eigenvalue weighted by molar-refractivity contribution is 5.78. The Morgan fingerprint density at radius 2 is 2.12 bits per heavy atom. The van der Waals surface area contributed by atoms with E-state index >= 15 is 0 Å². The van der Waals surface area contributed by atoms with Gasteiger partial charge in [0.15, 0.2) is 0 Å². The lowest BCUT2D eigenvalue weighted by molar-refractivity contribution is -0.165. The average Bonchev–Trinajstić information content (AvgIpc) is 2.10. The van der Waals surface area contributed by atoms with E-state index in [1.807, 2.05) is 11.8 Å². The third kappa shape index (κ3) is 3.76. The van der Waals surface area contributed by atoms with Crippen molar-refractivity contribution in [3.8, 4) is 0 Å². The number of carbonyl (C=O) groups is 1. The van der Waals surface area contributed by atoms with Gasteiger partial charge in [-0.15, -0.1) is 0 Å². The Morgan fingerprint density at radius 1 is 1.50 bits per heavy atom. The normalized spacial score (nSPS) is 27.3. The lowest BCUT2D eigenvalue weighted by Crippen LogP contribution is -2.55. The van der Waals surface area contributed by atoms with Gasteiger partial charge >= 0.3 is 0 Å². The highest BCUT2D eigenvalue weighted by Crippen LogP contribution is 2.25. The summed E-state index contributed by atoms with van der Waals surface area (Å²) in [4.78, 5) is 13.5. The summed E-state index contributed by atoms with van der Waals surface area (Å²) in [5.41, 5.74) is -0.305. The van der Waals surface area contributed by atoms with E-state index in [4.69, 9.17) is 9.84 Å². The van der Waals surface area contributed by atoms with Gasteiger partial charge in [0.25, 0.3) is 0 Å². The van der Waals surface area contributed by atoms with Crippen molar-refractivity contribution in [3.05, 3.63) is 0 Å². The Bertz CT molecular complexity index is 259. The molecule has 4 nitrogen and oxygen atoms in total. The number of carbonyl (C=O) groups excluding carboxylic acids is 1. The van der Waals surface area contributed by atoms with Crippen molar-refractivity contribution in [2.24, 2.45) is 5.41 Å². The molecule has 1 aliphatic rings. The molecule has 1 heterocycles. The summed E-state index contributed by atoms with van der Waals surface area (Å²) in [5.74, 6) is 0.0466. The van der Waals surface area contributed by atoms with Crippen LogP contribution in [-0.2, 0) is 9.53 Å². The zero-order chi connectivity index (χ0) is 12.4. The summed E-state index contributed by atoms with van der Waals surface area (Å²) >= 11 is 0. The monoisotopic (exact) mass is 229 g/mol. The van der Waals surface area contributed by atoms with Gasteiger partial charge in [0.05, 0.1) is 5.60 Å². The fraction of sp³-hybridized carbons (Fsp3) is 0.917. The van der Waals surface area contributed by atoms with Gasteiger partial charge in [-0.25, -0.2) is 0 Å². The second kappa shape index (κ2) is 4.72. The lowest BCUT2D eigenvalue weighted by atomic mass is 9.93. The zero-order valence-corrected chi connectivity index (χ0v) is 10.7. The molecule has 1 fully saturated rings. The van der Waals surface area contributed by atoms with Crippen molar-refractivity contribution in [2.75, 3.05) is 26.3 Å². The van der Waals surface area contributed by atoms with Gasteiger partial charge in [-0.05, 0) is 12.3 Å². The second-order valence-corrected chi connectivity index (χ2v) is 6.02. The quantitative estimate of drug-likeness (QED) is 0.786. The number of hydrogen-bond acceptors (Lipinski definition) is 3. The van der Waals surface area contributed by atoms with E-state index in [0.717, 1.165) is 6.54 Å². The largest absolute Gasteiger partial charge is 0.396 e. The van der Waals surface area contributed by atoms with Crippen molar-refractivity contribution in [1.82, 2.24) is 4.90 Å². The Labute approximate surface area is 97.6 Å². The van der Waals surface area contributed by atoms with Crippen molar-refractivity contribution in [1.29, 1.82) is 0 Å². The van der Waals surface area contributed by atoms with Gasteiger partial charge in [-0.3, -0.25) is 4.79 Å². The smallest absolute Gasteiger partial charge is 0.248 e. The average molecular weight is 229 g/mol. The molecule has 94 valence electrons. The van der Waals surface area contributed by atoms with Crippen LogP contribution in [0.1, 0.15) is 34.1 Å². The van der Waals surface area contributed by atoms with Crippen LogP contribution in [0.25, 0.3) is 0 Å². The molecule has 16 heavy (non-hydrogen) atoms. The van der Waals surface area contributed by atoms with Crippen LogP contribution < -0.4 is 0 Å². The third-order valence-corrected chi connectivity index (χ3v) is 2.73. The molecule has 0 aromatic carbocycles. The third-order valence-electron chi connectivity index (χ3n) is 2.73. The Morgan fingerprint density at radius 3 is 2.62 bits per heavy atom. The Balaban J connectivity index is 2.65. The highest BCUT2D eigenvalue weighted by Gasteiger charge is 2.36. The summed E-state index contributed by atoms with van der Waals surface area (Å²) in [5, 5.41) is 8.99. The minimum Gasteiger partial charge on any atom is -0.396 e. The van der Waals surface area contributed by atoms with E-state index in [-0.39, 0.29) is 24.5 Å². The van der Waals surface area contributed by atoms with E-state index < -0.39 is 5.60 Å².